The number of fused-ring (bicyclic) bond motifs is 5. The highest BCUT2D eigenvalue weighted by Crippen LogP contribution is 2.67. The monoisotopic (exact) mass is 348 g/mol. The summed E-state index contributed by atoms with van der Waals surface area (Å²) in [7, 11) is 0. The van der Waals surface area contributed by atoms with Gasteiger partial charge in [0, 0.05) is 5.92 Å². The third-order valence-corrected chi connectivity index (χ3v) is 9.13. The molecule has 1 N–H and O–H groups in total. The molecule has 0 aromatic heterocycles. The topological polar surface area (TPSA) is 37.3 Å². The van der Waals surface area contributed by atoms with Gasteiger partial charge < -0.3 is 5.11 Å². The lowest BCUT2D eigenvalue weighted by Crippen LogP contribution is -2.54. The van der Waals surface area contributed by atoms with E-state index in [0.29, 0.717) is 17.1 Å². The van der Waals surface area contributed by atoms with Crippen molar-refractivity contribution in [3.05, 3.63) is 0 Å². The van der Waals surface area contributed by atoms with Gasteiger partial charge in [-0.05, 0) is 99.2 Å². The van der Waals surface area contributed by atoms with Crippen molar-refractivity contribution in [3.8, 4) is 0 Å². The SMILES string of the molecule is CC.CC(=O)[C@H]1CCC2C3CCC4C[C@@H](O)CC[C@]4(C)C3CCC21C. The van der Waals surface area contributed by atoms with Crippen molar-refractivity contribution >= 4 is 5.78 Å². The van der Waals surface area contributed by atoms with E-state index in [0.717, 1.165) is 42.9 Å². The van der Waals surface area contributed by atoms with Crippen LogP contribution < -0.4 is 0 Å². The first-order valence-electron chi connectivity index (χ1n) is 11.0. The van der Waals surface area contributed by atoms with E-state index in [2.05, 4.69) is 13.8 Å². The van der Waals surface area contributed by atoms with Crippen molar-refractivity contribution in [1.29, 1.82) is 0 Å². The predicted octanol–water partition coefficient (Wildman–Crippen LogP) is 5.62. The Bertz CT molecular complexity index is 500. The Hall–Kier alpha value is -0.370. The van der Waals surface area contributed by atoms with Crippen LogP contribution in [0, 0.1) is 40.4 Å². The quantitative estimate of drug-likeness (QED) is 0.667. The minimum Gasteiger partial charge on any atom is -0.393 e. The van der Waals surface area contributed by atoms with Crippen LogP contribution in [0.2, 0.25) is 0 Å². The molecule has 0 aromatic carbocycles. The van der Waals surface area contributed by atoms with E-state index >= 15 is 0 Å². The summed E-state index contributed by atoms with van der Waals surface area (Å²) in [6.45, 7) is 10.8. The summed E-state index contributed by atoms with van der Waals surface area (Å²) in [5.74, 6) is 3.97. The van der Waals surface area contributed by atoms with E-state index in [-0.39, 0.29) is 11.5 Å². The average molecular weight is 349 g/mol. The molecule has 0 aliphatic heterocycles. The zero-order valence-electron chi connectivity index (χ0n) is 17.2. The molecule has 0 amide bonds. The Balaban J connectivity index is 0.000000880. The summed E-state index contributed by atoms with van der Waals surface area (Å²) in [6.07, 6.45) is 10.9. The molecule has 0 heterocycles. The fourth-order valence-electron chi connectivity index (χ4n) is 7.90. The van der Waals surface area contributed by atoms with Crippen LogP contribution in [0.3, 0.4) is 0 Å². The molecule has 4 aliphatic carbocycles. The number of hydrogen-bond acceptors (Lipinski definition) is 2. The van der Waals surface area contributed by atoms with Gasteiger partial charge in [-0.2, -0.15) is 0 Å². The van der Waals surface area contributed by atoms with Crippen LogP contribution in [0.25, 0.3) is 0 Å². The standard InChI is InChI=1S/C21H34O2.C2H6/c1-13(22)17-6-7-18-16-5-4-14-12-15(23)8-10-20(14,2)19(16)9-11-21(17,18)3;1-2/h14-19,23H,4-12H2,1-3H3;1-2H3/t14?,15-,16?,17+,18?,19?,20-,21?;/m0./s1. The van der Waals surface area contributed by atoms with Crippen LogP contribution in [0.1, 0.15) is 92.4 Å². The third-order valence-electron chi connectivity index (χ3n) is 9.13. The van der Waals surface area contributed by atoms with Crippen molar-refractivity contribution in [3.63, 3.8) is 0 Å². The zero-order chi connectivity index (χ0) is 18.4. The minimum absolute atomic E-state index is 0.0490. The second-order valence-electron chi connectivity index (χ2n) is 9.87. The molecule has 0 aromatic rings. The van der Waals surface area contributed by atoms with E-state index in [1.54, 1.807) is 0 Å². The second kappa shape index (κ2) is 6.98. The Labute approximate surface area is 155 Å². The summed E-state index contributed by atoms with van der Waals surface area (Å²) in [4.78, 5) is 12.2. The molecule has 0 saturated heterocycles. The lowest BCUT2D eigenvalue weighted by atomic mass is 9.44. The number of hydrogen-bond donors (Lipinski definition) is 1. The Morgan fingerprint density at radius 1 is 0.880 bits per heavy atom. The van der Waals surface area contributed by atoms with Gasteiger partial charge >= 0.3 is 0 Å². The summed E-state index contributed by atoms with van der Waals surface area (Å²) < 4.78 is 0. The highest BCUT2D eigenvalue weighted by atomic mass is 16.3. The highest BCUT2D eigenvalue weighted by molar-refractivity contribution is 5.79. The van der Waals surface area contributed by atoms with Gasteiger partial charge in [0.15, 0.2) is 0 Å². The van der Waals surface area contributed by atoms with Crippen molar-refractivity contribution in [2.45, 2.75) is 98.5 Å². The van der Waals surface area contributed by atoms with Crippen LogP contribution in [0.15, 0.2) is 0 Å². The maximum atomic E-state index is 12.2. The molecule has 0 radical (unpaired) electrons. The lowest BCUT2D eigenvalue weighted by molar-refractivity contribution is -0.138. The van der Waals surface area contributed by atoms with Crippen molar-refractivity contribution in [2.24, 2.45) is 40.4 Å². The summed E-state index contributed by atoms with van der Waals surface area (Å²) in [5.41, 5.74) is 0.738. The van der Waals surface area contributed by atoms with E-state index in [1.807, 2.05) is 20.8 Å². The van der Waals surface area contributed by atoms with E-state index in [9.17, 15) is 9.90 Å². The predicted molar refractivity (Wildman–Crippen MR) is 103 cm³/mol. The van der Waals surface area contributed by atoms with Gasteiger partial charge in [-0.25, -0.2) is 0 Å². The number of carbonyl (C=O) groups excluding carboxylic acids is 1. The van der Waals surface area contributed by atoms with Crippen molar-refractivity contribution < 1.29 is 9.90 Å². The van der Waals surface area contributed by atoms with Crippen LogP contribution in [0.5, 0.6) is 0 Å². The maximum Gasteiger partial charge on any atom is 0.133 e. The average Bonchev–Trinajstić information content (AvgIpc) is 2.95. The molecular weight excluding hydrogens is 308 g/mol. The van der Waals surface area contributed by atoms with Crippen LogP contribution in [-0.4, -0.2) is 17.0 Å². The smallest absolute Gasteiger partial charge is 0.133 e. The molecule has 8 atom stereocenters. The normalized spacial score (nSPS) is 51.4. The Morgan fingerprint density at radius 2 is 1.52 bits per heavy atom. The molecular formula is C23H40O2. The maximum absolute atomic E-state index is 12.2. The molecule has 2 nitrogen and oxygen atoms in total. The fourth-order valence-corrected chi connectivity index (χ4v) is 7.90. The molecule has 2 heteroatoms. The molecule has 5 unspecified atom stereocenters. The number of Topliss-reactive ketones (excluding diaryl/α,β-unsaturated/α-hetero) is 1. The molecule has 4 fully saturated rings. The van der Waals surface area contributed by atoms with Crippen molar-refractivity contribution in [1.82, 2.24) is 0 Å². The number of rotatable bonds is 1. The molecule has 0 spiro atoms. The van der Waals surface area contributed by atoms with E-state index in [4.69, 9.17) is 0 Å². The lowest BCUT2D eigenvalue weighted by Gasteiger charge is -2.60. The molecule has 144 valence electrons. The van der Waals surface area contributed by atoms with E-state index < -0.39 is 0 Å². The third kappa shape index (κ3) is 2.91. The van der Waals surface area contributed by atoms with Gasteiger partial charge in [-0.3, -0.25) is 4.79 Å². The van der Waals surface area contributed by atoms with Gasteiger partial charge in [0.2, 0.25) is 0 Å². The first kappa shape index (κ1) is 19.4. The largest absolute Gasteiger partial charge is 0.393 e. The van der Waals surface area contributed by atoms with Gasteiger partial charge in [-0.1, -0.05) is 27.7 Å². The summed E-state index contributed by atoms with van der Waals surface area (Å²) >= 11 is 0. The fraction of sp³-hybridized carbons (Fsp3) is 0.957. The number of ketones is 1. The first-order chi connectivity index (χ1) is 11.9. The Kier molecular flexibility index (Phi) is 5.42. The Morgan fingerprint density at radius 3 is 2.20 bits per heavy atom. The molecule has 0 bridgehead atoms. The van der Waals surface area contributed by atoms with Gasteiger partial charge in [0.25, 0.3) is 0 Å². The zero-order valence-corrected chi connectivity index (χ0v) is 17.2. The molecule has 4 saturated carbocycles. The minimum atomic E-state index is -0.0490. The molecule has 25 heavy (non-hydrogen) atoms. The molecule has 4 aliphatic rings. The van der Waals surface area contributed by atoms with Gasteiger partial charge in [-0.15, -0.1) is 0 Å². The van der Waals surface area contributed by atoms with Crippen LogP contribution in [-0.2, 0) is 4.79 Å². The number of aliphatic hydroxyl groups is 1. The van der Waals surface area contributed by atoms with E-state index in [1.165, 1.54) is 38.5 Å². The number of carbonyl (C=O) groups is 1. The summed E-state index contributed by atoms with van der Waals surface area (Å²) in [5, 5.41) is 10.1. The number of aliphatic hydroxyl groups excluding tert-OH is 1. The van der Waals surface area contributed by atoms with Crippen LogP contribution >= 0.6 is 0 Å². The molecule has 4 rings (SSSR count). The second-order valence-corrected chi connectivity index (χ2v) is 9.87. The van der Waals surface area contributed by atoms with Gasteiger partial charge in [0.1, 0.15) is 5.78 Å². The van der Waals surface area contributed by atoms with Crippen molar-refractivity contribution in [2.75, 3.05) is 0 Å². The highest BCUT2D eigenvalue weighted by Gasteiger charge is 2.60. The van der Waals surface area contributed by atoms with Gasteiger partial charge in [0.05, 0.1) is 6.10 Å². The first-order valence-corrected chi connectivity index (χ1v) is 11.0. The van der Waals surface area contributed by atoms with Crippen LogP contribution in [0.4, 0.5) is 0 Å². The summed E-state index contributed by atoms with van der Waals surface area (Å²) in [6, 6.07) is 0.